The van der Waals surface area contributed by atoms with Gasteiger partial charge in [-0.3, -0.25) is 4.79 Å². The fourth-order valence-electron chi connectivity index (χ4n) is 2.74. The highest BCUT2D eigenvalue weighted by molar-refractivity contribution is 7.99. The van der Waals surface area contributed by atoms with Crippen molar-refractivity contribution in [3.63, 3.8) is 0 Å². The van der Waals surface area contributed by atoms with Gasteiger partial charge in [-0.2, -0.15) is 0 Å². The zero-order chi connectivity index (χ0) is 18.4. The molecular formula is C19H22N4O2S. The van der Waals surface area contributed by atoms with Crippen LogP contribution in [0.4, 0.5) is 5.69 Å². The normalized spacial score (nSPS) is 10.8. The predicted octanol–water partition coefficient (Wildman–Crippen LogP) is 3.78. The number of hydrogen-bond donors (Lipinski definition) is 1. The van der Waals surface area contributed by atoms with Crippen LogP contribution in [-0.4, -0.2) is 26.4 Å². The number of furan rings is 1. The van der Waals surface area contributed by atoms with Gasteiger partial charge in [0.05, 0.1) is 18.6 Å². The topological polar surface area (TPSA) is 73.0 Å². The van der Waals surface area contributed by atoms with Crippen molar-refractivity contribution in [2.45, 2.75) is 38.4 Å². The molecule has 0 saturated carbocycles. The van der Waals surface area contributed by atoms with Gasteiger partial charge in [0, 0.05) is 5.69 Å². The maximum atomic E-state index is 12.5. The summed E-state index contributed by atoms with van der Waals surface area (Å²) in [6.07, 6.45) is 5.04. The second kappa shape index (κ2) is 8.71. The third-order valence-corrected chi connectivity index (χ3v) is 5.06. The molecule has 0 saturated heterocycles. The zero-order valence-electron chi connectivity index (χ0n) is 14.9. The molecule has 0 radical (unpaired) electrons. The molecule has 3 rings (SSSR count). The van der Waals surface area contributed by atoms with Gasteiger partial charge in [0.15, 0.2) is 5.16 Å². The summed E-state index contributed by atoms with van der Waals surface area (Å²) in [5.74, 6) is 1.05. The summed E-state index contributed by atoms with van der Waals surface area (Å²) in [6.45, 7) is 4.73. The number of para-hydroxylation sites is 1. The van der Waals surface area contributed by atoms with Crippen LogP contribution in [0.25, 0.3) is 0 Å². The van der Waals surface area contributed by atoms with Crippen molar-refractivity contribution >= 4 is 23.4 Å². The van der Waals surface area contributed by atoms with E-state index < -0.39 is 0 Å². The van der Waals surface area contributed by atoms with Crippen LogP contribution in [-0.2, 0) is 24.2 Å². The number of carbonyl (C=O) groups excluding carboxylic acids is 1. The van der Waals surface area contributed by atoms with Crippen LogP contribution in [0, 0.1) is 0 Å². The van der Waals surface area contributed by atoms with Crippen LogP contribution in [0.3, 0.4) is 0 Å². The summed E-state index contributed by atoms with van der Waals surface area (Å²) < 4.78 is 7.22. The Morgan fingerprint density at radius 2 is 1.96 bits per heavy atom. The van der Waals surface area contributed by atoms with E-state index in [9.17, 15) is 4.79 Å². The molecule has 0 unspecified atom stereocenters. The number of carbonyl (C=O) groups is 1. The lowest BCUT2D eigenvalue weighted by atomic mass is 10.0. The van der Waals surface area contributed by atoms with Gasteiger partial charge in [-0.05, 0) is 36.1 Å². The van der Waals surface area contributed by atoms with E-state index in [0.717, 1.165) is 35.4 Å². The van der Waals surface area contributed by atoms with E-state index in [-0.39, 0.29) is 11.7 Å². The first kappa shape index (κ1) is 18.3. The third-order valence-electron chi connectivity index (χ3n) is 4.08. The molecule has 2 heterocycles. The molecule has 3 aromatic rings. The molecule has 1 aromatic carbocycles. The largest absolute Gasteiger partial charge is 0.467 e. The molecule has 26 heavy (non-hydrogen) atoms. The van der Waals surface area contributed by atoms with E-state index in [0.29, 0.717) is 11.7 Å². The standard InChI is InChI=1S/C19H22N4O2S/c1-3-14-7-5-8-15(4-2)18(14)21-17(24)12-26-19-22-20-13-23(19)11-16-9-6-10-25-16/h5-10,13H,3-4,11-12H2,1-2H3,(H,21,24). The number of thioether (sulfide) groups is 1. The fourth-order valence-corrected chi connectivity index (χ4v) is 3.46. The molecule has 1 N–H and O–H groups in total. The van der Waals surface area contributed by atoms with Crippen molar-refractivity contribution in [3.05, 3.63) is 59.8 Å². The average molecular weight is 370 g/mol. The van der Waals surface area contributed by atoms with Crippen LogP contribution in [0.1, 0.15) is 30.7 Å². The van der Waals surface area contributed by atoms with Crippen LogP contribution in [0.15, 0.2) is 52.5 Å². The van der Waals surface area contributed by atoms with E-state index in [2.05, 4.69) is 41.5 Å². The maximum absolute atomic E-state index is 12.5. The zero-order valence-corrected chi connectivity index (χ0v) is 15.8. The van der Waals surface area contributed by atoms with E-state index in [1.165, 1.54) is 11.8 Å². The Hall–Kier alpha value is -2.54. The Kier molecular flexibility index (Phi) is 6.12. The van der Waals surface area contributed by atoms with Crippen molar-refractivity contribution in [2.24, 2.45) is 0 Å². The first-order valence-electron chi connectivity index (χ1n) is 8.64. The number of rotatable bonds is 8. The van der Waals surface area contributed by atoms with Gasteiger partial charge < -0.3 is 14.3 Å². The number of aromatic nitrogens is 3. The molecule has 0 aliphatic carbocycles. The van der Waals surface area contributed by atoms with Gasteiger partial charge in [-0.15, -0.1) is 10.2 Å². The molecular weight excluding hydrogens is 348 g/mol. The molecule has 0 aliphatic heterocycles. The molecule has 0 bridgehead atoms. The molecule has 0 fully saturated rings. The van der Waals surface area contributed by atoms with Crippen LogP contribution in [0.5, 0.6) is 0 Å². The van der Waals surface area contributed by atoms with Crippen molar-refractivity contribution in [1.82, 2.24) is 14.8 Å². The number of nitrogens with one attached hydrogen (secondary N) is 1. The quantitative estimate of drug-likeness (QED) is 0.611. The molecule has 136 valence electrons. The molecule has 6 nitrogen and oxygen atoms in total. The van der Waals surface area contributed by atoms with Gasteiger partial charge in [0.25, 0.3) is 0 Å². The second-order valence-electron chi connectivity index (χ2n) is 5.82. The van der Waals surface area contributed by atoms with Gasteiger partial charge in [-0.1, -0.05) is 43.8 Å². The monoisotopic (exact) mass is 370 g/mol. The SMILES string of the molecule is CCc1cccc(CC)c1NC(=O)CSc1nncn1Cc1ccco1. The summed E-state index contributed by atoms with van der Waals surface area (Å²) in [5.41, 5.74) is 3.26. The first-order valence-corrected chi connectivity index (χ1v) is 9.63. The fraction of sp³-hybridized carbons (Fsp3) is 0.316. The number of hydrogen-bond acceptors (Lipinski definition) is 5. The van der Waals surface area contributed by atoms with Gasteiger partial charge in [-0.25, -0.2) is 0 Å². The summed E-state index contributed by atoms with van der Waals surface area (Å²) in [6, 6.07) is 9.90. The maximum Gasteiger partial charge on any atom is 0.234 e. The van der Waals surface area contributed by atoms with Gasteiger partial charge in [0.2, 0.25) is 5.91 Å². The van der Waals surface area contributed by atoms with Crippen molar-refractivity contribution in [3.8, 4) is 0 Å². The van der Waals surface area contributed by atoms with Gasteiger partial charge >= 0.3 is 0 Å². The summed E-state index contributed by atoms with van der Waals surface area (Å²) >= 11 is 1.37. The lowest BCUT2D eigenvalue weighted by molar-refractivity contribution is -0.113. The van der Waals surface area contributed by atoms with Crippen molar-refractivity contribution in [2.75, 3.05) is 11.1 Å². The van der Waals surface area contributed by atoms with E-state index >= 15 is 0 Å². The lowest BCUT2D eigenvalue weighted by Gasteiger charge is -2.14. The van der Waals surface area contributed by atoms with Crippen LogP contribution in [0.2, 0.25) is 0 Å². The minimum absolute atomic E-state index is 0.0434. The smallest absolute Gasteiger partial charge is 0.234 e. The summed E-state index contributed by atoms with van der Waals surface area (Å²) in [4.78, 5) is 12.5. The highest BCUT2D eigenvalue weighted by atomic mass is 32.2. The summed E-state index contributed by atoms with van der Waals surface area (Å²) in [5, 5.41) is 11.8. The average Bonchev–Trinajstić information content (AvgIpc) is 3.32. The molecule has 7 heteroatoms. The Bertz CT molecular complexity index is 836. The summed E-state index contributed by atoms with van der Waals surface area (Å²) in [7, 11) is 0. The predicted molar refractivity (Wildman–Crippen MR) is 102 cm³/mol. The number of anilines is 1. The Labute approximate surface area is 157 Å². The molecule has 0 spiro atoms. The lowest BCUT2D eigenvalue weighted by Crippen LogP contribution is -2.17. The Morgan fingerprint density at radius 3 is 2.62 bits per heavy atom. The van der Waals surface area contributed by atoms with E-state index in [1.807, 2.05) is 22.8 Å². The molecule has 2 aromatic heterocycles. The highest BCUT2D eigenvalue weighted by Gasteiger charge is 2.13. The Balaban J connectivity index is 1.63. The van der Waals surface area contributed by atoms with E-state index in [4.69, 9.17) is 4.42 Å². The minimum Gasteiger partial charge on any atom is -0.467 e. The first-order chi connectivity index (χ1) is 12.7. The van der Waals surface area contributed by atoms with E-state index in [1.54, 1.807) is 12.6 Å². The molecule has 1 amide bonds. The van der Waals surface area contributed by atoms with Crippen molar-refractivity contribution < 1.29 is 9.21 Å². The Morgan fingerprint density at radius 1 is 1.19 bits per heavy atom. The van der Waals surface area contributed by atoms with Crippen LogP contribution < -0.4 is 5.32 Å². The van der Waals surface area contributed by atoms with Crippen LogP contribution >= 0.6 is 11.8 Å². The number of amides is 1. The third kappa shape index (κ3) is 4.35. The number of nitrogens with zero attached hydrogens (tertiary/aromatic N) is 3. The number of aryl methyl sites for hydroxylation is 2. The number of benzene rings is 1. The highest BCUT2D eigenvalue weighted by Crippen LogP contribution is 2.23. The van der Waals surface area contributed by atoms with Gasteiger partial charge in [0.1, 0.15) is 12.1 Å². The molecule has 0 atom stereocenters. The van der Waals surface area contributed by atoms with Crippen molar-refractivity contribution in [1.29, 1.82) is 0 Å². The second-order valence-corrected chi connectivity index (χ2v) is 6.76. The molecule has 0 aliphatic rings. The minimum atomic E-state index is -0.0434.